The molecule has 102 valence electrons. The second-order valence-corrected chi connectivity index (χ2v) is 6.90. The zero-order valence-electron chi connectivity index (χ0n) is 13.1. The maximum absolute atomic E-state index is 2.48. The van der Waals surface area contributed by atoms with Gasteiger partial charge in [-0.25, -0.2) is 0 Å². The van der Waals surface area contributed by atoms with Crippen LogP contribution in [0.4, 0.5) is 0 Å². The Balaban J connectivity index is 2.60. The van der Waals surface area contributed by atoms with E-state index in [2.05, 4.69) is 41.5 Å². The van der Waals surface area contributed by atoms with E-state index in [9.17, 15) is 0 Å². The monoisotopic (exact) mass is 238 g/mol. The molecule has 0 aromatic heterocycles. The zero-order chi connectivity index (χ0) is 13.1. The summed E-state index contributed by atoms with van der Waals surface area (Å²) in [7, 11) is 0. The van der Waals surface area contributed by atoms with Crippen LogP contribution in [0.1, 0.15) is 80.1 Å². The summed E-state index contributed by atoms with van der Waals surface area (Å²) >= 11 is 0. The number of hydrogen-bond acceptors (Lipinski definition) is 0. The van der Waals surface area contributed by atoms with Crippen LogP contribution in [0.2, 0.25) is 0 Å². The molecular formula is C17H34. The van der Waals surface area contributed by atoms with Crippen LogP contribution in [-0.2, 0) is 0 Å². The van der Waals surface area contributed by atoms with Crippen molar-refractivity contribution in [3.8, 4) is 0 Å². The molecule has 0 N–H and O–H groups in total. The van der Waals surface area contributed by atoms with E-state index in [1.165, 1.54) is 38.5 Å². The summed E-state index contributed by atoms with van der Waals surface area (Å²) in [5, 5.41) is 0. The maximum atomic E-state index is 2.48. The van der Waals surface area contributed by atoms with Crippen molar-refractivity contribution in [1.29, 1.82) is 0 Å². The zero-order valence-corrected chi connectivity index (χ0v) is 13.1. The normalized spacial score (nSPS) is 23.5. The molecule has 0 spiro atoms. The number of hydrogen-bond donors (Lipinski definition) is 0. The van der Waals surface area contributed by atoms with E-state index in [0.29, 0.717) is 5.41 Å². The Morgan fingerprint density at radius 2 is 1.65 bits per heavy atom. The van der Waals surface area contributed by atoms with Crippen molar-refractivity contribution >= 4 is 0 Å². The molecule has 0 heteroatoms. The Hall–Kier alpha value is 0. The molecule has 0 heterocycles. The third-order valence-corrected chi connectivity index (χ3v) is 5.89. The van der Waals surface area contributed by atoms with Crippen molar-refractivity contribution in [3.05, 3.63) is 0 Å². The largest absolute Gasteiger partial charge is 0.0651 e. The summed E-state index contributed by atoms with van der Waals surface area (Å²) in [4.78, 5) is 0. The highest BCUT2D eigenvalue weighted by molar-refractivity contribution is 4.88. The minimum absolute atomic E-state index is 0.595. The van der Waals surface area contributed by atoms with Gasteiger partial charge in [-0.3, -0.25) is 0 Å². The third-order valence-electron chi connectivity index (χ3n) is 5.89. The molecule has 3 atom stereocenters. The summed E-state index contributed by atoms with van der Waals surface area (Å²) in [6, 6.07) is 0. The van der Waals surface area contributed by atoms with Gasteiger partial charge >= 0.3 is 0 Å². The molecule has 0 aromatic carbocycles. The van der Waals surface area contributed by atoms with E-state index in [1.54, 1.807) is 0 Å². The molecule has 3 unspecified atom stereocenters. The van der Waals surface area contributed by atoms with Crippen LogP contribution in [-0.4, -0.2) is 0 Å². The standard InChI is InChI=1S/C17H34/c1-7-15(6)17(8-2,13(3)4)12-11-14(5)16-9-10-16/h13-16H,7-12H2,1-6H3. The van der Waals surface area contributed by atoms with Gasteiger partial charge in [-0.1, -0.05) is 48.0 Å². The van der Waals surface area contributed by atoms with Crippen LogP contribution in [0.25, 0.3) is 0 Å². The molecule has 0 radical (unpaired) electrons. The van der Waals surface area contributed by atoms with Crippen LogP contribution < -0.4 is 0 Å². The highest BCUT2D eigenvalue weighted by Gasteiger charge is 2.38. The average molecular weight is 238 g/mol. The minimum Gasteiger partial charge on any atom is -0.0651 e. The molecule has 0 amide bonds. The van der Waals surface area contributed by atoms with Gasteiger partial charge in [0.15, 0.2) is 0 Å². The van der Waals surface area contributed by atoms with Crippen molar-refractivity contribution in [3.63, 3.8) is 0 Å². The molecule has 1 rings (SSSR count). The first kappa shape index (κ1) is 15.1. The second-order valence-electron chi connectivity index (χ2n) is 6.90. The molecule has 0 aromatic rings. The van der Waals surface area contributed by atoms with E-state index >= 15 is 0 Å². The summed E-state index contributed by atoms with van der Waals surface area (Å²) in [6.07, 6.45) is 8.62. The van der Waals surface area contributed by atoms with E-state index in [1.807, 2.05) is 0 Å². The van der Waals surface area contributed by atoms with Crippen molar-refractivity contribution in [2.24, 2.45) is 29.1 Å². The van der Waals surface area contributed by atoms with Gasteiger partial charge in [0.05, 0.1) is 0 Å². The van der Waals surface area contributed by atoms with Gasteiger partial charge < -0.3 is 0 Å². The predicted molar refractivity (Wildman–Crippen MR) is 78.1 cm³/mol. The smallest absolute Gasteiger partial charge is 0.0251 e. The van der Waals surface area contributed by atoms with Crippen molar-refractivity contribution in [1.82, 2.24) is 0 Å². The Kier molecular flexibility index (Phi) is 5.54. The van der Waals surface area contributed by atoms with Crippen molar-refractivity contribution in [2.45, 2.75) is 80.1 Å². The molecule has 1 fully saturated rings. The Morgan fingerprint density at radius 3 is 2.00 bits per heavy atom. The minimum atomic E-state index is 0.595. The fourth-order valence-electron chi connectivity index (χ4n) is 3.84. The Labute approximate surface area is 110 Å². The predicted octanol–water partition coefficient (Wildman–Crippen LogP) is 5.91. The van der Waals surface area contributed by atoms with E-state index in [-0.39, 0.29) is 0 Å². The molecule has 0 saturated heterocycles. The van der Waals surface area contributed by atoms with Gasteiger partial charge in [-0.15, -0.1) is 0 Å². The first-order valence-corrected chi connectivity index (χ1v) is 7.97. The Morgan fingerprint density at radius 1 is 1.06 bits per heavy atom. The lowest BCUT2D eigenvalue weighted by Crippen LogP contribution is -2.34. The number of rotatable bonds is 8. The summed E-state index contributed by atoms with van der Waals surface area (Å²) in [5.74, 6) is 3.75. The molecule has 0 aliphatic heterocycles. The van der Waals surface area contributed by atoms with Crippen LogP contribution >= 0.6 is 0 Å². The molecule has 1 aliphatic carbocycles. The quantitative estimate of drug-likeness (QED) is 0.493. The van der Waals surface area contributed by atoms with Gasteiger partial charge in [0, 0.05) is 0 Å². The van der Waals surface area contributed by atoms with E-state index < -0.39 is 0 Å². The van der Waals surface area contributed by atoms with Crippen LogP contribution in [0.3, 0.4) is 0 Å². The third kappa shape index (κ3) is 3.48. The fraction of sp³-hybridized carbons (Fsp3) is 1.00. The van der Waals surface area contributed by atoms with Crippen molar-refractivity contribution in [2.75, 3.05) is 0 Å². The first-order chi connectivity index (χ1) is 7.97. The van der Waals surface area contributed by atoms with E-state index in [0.717, 1.165) is 23.7 Å². The van der Waals surface area contributed by atoms with Gasteiger partial charge in [-0.2, -0.15) is 0 Å². The highest BCUT2D eigenvalue weighted by atomic mass is 14.4. The fourth-order valence-corrected chi connectivity index (χ4v) is 3.84. The lowest BCUT2D eigenvalue weighted by molar-refractivity contribution is 0.0689. The summed E-state index contributed by atoms with van der Waals surface area (Å²) in [5.41, 5.74) is 0.595. The molecule has 0 nitrogen and oxygen atoms in total. The Bertz CT molecular complexity index is 214. The molecule has 1 aliphatic rings. The van der Waals surface area contributed by atoms with Gasteiger partial charge in [-0.05, 0) is 61.2 Å². The SMILES string of the molecule is CCC(C)C(CC)(CCC(C)C1CC1)C(C)C. The van der Waals surface area contributed by atoms with Crippen molar-refractivity contribution < 1.29 is 0 Å². The summed E-state index contributed by atoms with van der Waals surface area (Å²) in [6.45, 7) is 14.6. The molecule has 1 saturated carbocycles. The molecule has 17 heavy (non-hydrogen) atoms. The average Bonchev–Trinajstić information content (AvgIpc) is 3.13. The van der Waals surface area contributed by atoms with Crippen LogP contribution in [0.5, 0.6) is 0 Å². The molecular weight excluding hydrogens is 204 g/mol. The van der Waals surface area contributed by atoms with E-state index in [4.69, 9.17) is 0 Å². The van der Waals surface area contributed by atoms with Gasteiger partial charge in [0.1, 0.15) is 0 Å². The van der Waals surface area contributed by atoms with Crippen LogP contribution in [0.15, 0.2) is 0 Å². The molecule has 0 bridgehead atoms. The summed E-state index contributed by atoms with van der Waals surface area (Å²) < 4.78 is 0. The van der Waals surface area contributed by atoms with Gasteiger partial charge in [0.25, 0.3) is 0 Å². The lowest BCUT2D eigenvalue weighted by atomic mass is 9.62. The van der Waals surface area contributed by atoms with Gasteiger partial charge in [0.2, 0.25) is 0 Å². The highest BCUT2D eigenvalue weighted by Crippen LogP contribution is 2.47. The second kappa shape index (κ2) is 6.25. The lowest BCUT2D eigenvalue weighted by Gasteiger charge is -2.43. The topological polar surface area (TPSA) is 0 Å². The maximum Gasteiger partial charge on any atom is -0.0251 e. The van der Waals surface area contributed by atoms with Crippen LogP contribution in [0, 0.1) is 29.1 Å². The first-order valence-electron chi connectivity index (χ1n) is 7.97.